The van der Waals surface area contributed by atoms with Crippen molar-refractivity contribution < 1.29 is 18.0 Å². The van der Waals surface area contributed by atoms with Crippen molar-refractivity contribution in [2.45, 2.75) is 12.5 Å². The van der Waals surface area contributed by atoms with Gasteiger partial charge in [0.1, 0.15) is 0 Å². The normalized spacial score (nSPS) is 22.7. The van der Waals surface area contributed by atoms with E-state index in [1.165, 1.54) is 11.9 Å². The zero-order valence-corrected chi connectivity index (χ0v) is 15.1. The molecule has 2 fully saturated rings. The first kappa shape index (κ1) is 17.7. The summed E-state index contributed by atoms with van der Waals surface area (Å²) in [6.07, 6.45) is 0.402. The first-order valence-electron chi connectivity index (χ1n) is 8.44. The van der Waals surface area contributed by atoms with Crippen LogP contribution < -0.4 is 4.90 Å². The molecule has 2 heterocycles. The molecular formula is C17H23N3O4S. The van der Waals surface area contributed by atoms with Crippen molar-refractivity contribution in [3.8, 4) is 0 Å². The molecular weight excluding hydrogens is 342 g/mol. The molecule has 1 atom stereocenters. The number of nitrogens with zero attached hydrogens (tertiary/aromatic N) is 3. The number of carbonyl (C=O) groups is 2. The van der Waals surface area contributed by atoms with Gasteiger partial charge in [-0.1, -0.05) is 18.2 Å². The number of hydrogen-bond acceptors (Lipinski definition) is 5. The molecule has 8 heteroatoms. The average molecular weight is 365 g/mol. The summed E-state index contributed by atoms with van der Waals surface area (Å²) in [5.74, 6) is -1.13. The van der Waals surface area contributed by atoms with E-state index in [-0.39, 0.29) is 11.5 Å². The fraction of sp³-hybridized carbons (Fsp3) is 0.529. The highest BCUT2D eigenvalue weighted by molar-refractivity contribution is 7.91. The monoisotopic (exact) mass is 365 g/mol. The third kappa shape index (κ3) is 3.95. The van der Waals surface area contributed by atoms with E-state index >= 15 is 0 Å². The molecule has 0 saturated carbocycles. The lowest BCUT2D eigenvalue weighted by molar-refractivity contribution is -0.152. The van der Waals surface area contributed by atoms with Gasteiger partial charge >= 0.3 is 11.8 Å². The van der Waals surface area contributed by atoms with Gasteiger partial charge in [0.2, 0.25) is 0 Å². The highest BCUT2D eigenvalue weighted by Crippen LogP contribution is 2.18. The van der Waals surface area contributed by atoms with Crippen molar-refractivity contribution in [3.05, 3.63) is 30.3 Å². The van der Waals surface area contributed by atoms with E-state index in [0.717, 1.165) is 5.69 Å². The predicted octanol–water partition coefficient (Wildman–Crippen LogP) is -0.0193. The van der Waals surface area contributed by atoms with Crippen LogP contribution >= 0.6 is 0 Å². The molecule has 2 amide bonds. The van der Waals surface area contributed by atoms with Crippen molar-refractivity contribution in [1.82, 2.24) is 9.80 Å². The Labute approximate surface area is 148 Å². The largest absolute Gasteiger partial charge is 0.368 e. The minimum atomic E-state index is -3.09. The molecule has 25 heavy (non-hydrogen) atoms. The summed E-state index contributed by atoms with van der Waals surface area (Å²) in [6.45, 7) is 2.31. The number of benzene rings is 1. The molecule has 1 unspecified atom stereocenters. The predicted molar refractivity (Wildman–Crippen MR) is 95.1 cm³/mol. The molecule has 1 aromatic rings. The van der Waals surface area contributed by atoms with Gasteiger partial charge in [-0.2, -0.15) is 0 Å². The molecule has 7 nitrogen and oxygen atoms in total. The van der Waals surface area contributed by atoms with Crippen molar-refractivity contribution in [3.63, 3.8) is 0 Å². The van der Waals surface area contributed by atoms with Gasteiger partial charge in [0, 0.05) is 45.0 Å². The summed E-state index contributed by atoms with van der Waals surface area (Å²) in [4.78, 5) is 29.9. The standard InChI is InChI=1S/C17H23N3O4S/c1-18(15-7-12-25(23,24)13-15)16(21)17(22)20-10-8-19(9-11-20)14-5-3-2-4-6-14/h2-6,15H,7-13H2,1H3. The maximum Gasteiger partial charge on any atom is 0.312 e. The minimum absolute atomic E-state index is 0.0513. The van der Waals surface area contributed by atoms with E-state index in [1.807, 2.05) is 30.3 Å². The summed E-state index contributed by atoms with van der Waals surface area (Å²) in [7, 11) is -1.57. The third-order valence-electron chi connectivity index (χ3n) is 4.95. The van der Waals surface area contributed by atoms with E-state index in [9.17, 15) is 18.0 Å². The fourth-order valence-electron chi connectivity index (χ4n) is 3.34. The summed E-state index contributed by atoms with van der Waals surface area (Å²) in [5, 5.41) is 0. The van der Waals surface area contributed by atoms with Crippen molar-refractivity contribution in [2.75, 3.05) is 49.6 Å². The lowest BCUT2D eigenvalue weighted by Crippen LogP contribution is -2.54. The van der Waals surface area contributed by atoms with Crippen LogP contribution in [0.1, 0.15) is 6.42 Å². The van der Waals surface area contributed by atoms with E-state index in [1.54, 1.807) is 4.90 Å². The number of anilines is 1. The van der Waals surface area contributed by atoms with Gasteiger partial charge in [-0.3, -0.25) is 9.59 Å². The van der Waals surface area contributed by atoms with Gasteiger partial charge in [0.25, 0.3) is 0 Å². The number of piperazine rings is 1. The average Bonchev–Trinajstić information content (AvgIpc) is 3.00. The van der Waals surface area contributed by atoms with Gasteiger partial charge in [-0.05, 0) is 18.6 Å². The SMILES string of the molecule is CN(C(=O)C(=O)N1CCN(c2ccccc2)CC1)C1CCS(=O)(=O)C1. The Morgan fingerprint density at radius 2 is 1.72 bits per heavy atom. The Hall–Kier alpha value is -2.09. The Balaban J connectivity index is 1.56. The Kier molecular flexibility index (Phi) is 4.99. The Morgan fingerprint density at radius 3 is 2.28 bits per heavy atom. The number of rotatable bonds is 2. The molecule has 2 saturated heterocycles. The zero-order chi connectivity index (χ0) is 18.0. The molecule has 0 radical (unpaired) electrons. The molecule has 2 aliphatic rings. The first-order valence-corrected chi connectivity index (χ1v) is 10.3. The molecule has 0 aromatic heterocycles. The number of likely N-dealkylation sites (N-methyl/N-ethyl adjacent to an activating group) is 1. The third-order valence-corrected chi connectivity index (χ3v) is 6.70. The lowest BCUT2D eigenvalue weighted by Gasteiger charge is -2.36. The molecule has 0 N–H and O–H groups in total. The molecule has 3 rings (SSSR count). The summed E-state index contributed by atoms with van der Waals surface area (Å²) in [5.41, 5.74) is 1.11. The first-order chi connectivity index (χ1) is 11.9. The smallest absolute Gasteiger partial charge is 0.312 e. The van der Waals surface area contributed by atoms with Crippen LogP contribution in [0.4, 0.5) is 5.69 Å². The van der Waals surface area contributed by atoms with Crippen LogP contribution in [0.25, 0.3) is 0 Å². The van der Waals surface area contributed by atoms with Crippen LogP contribution in [0.2, 0.25) is 0 Å². The van der Waals surface area contributed by atoms with E-state index in [2.05, 4.69) is 4.90 Å². The van der Waals surface area contributed by atoms with Crippen LogP contribution in [-0.4, -0.2) is 80.8 Å². The maximum atomic E-state index is 12.5. The topological polar surface area (TPSA) is 78.0 Å². The van der Waals surface area contributed by atoms with E-state index in [0.29, 0.717) is 32.6 Å². The molecule has 136 valence electrons. The second kappa shape index (κ2) is 7.03. The lowest BCUT2D eigenvalue weighted by atomic mass is 10.2. The Morgan fingerprint density at radius 1 is 1.08 bits per heavy atom. The van der Waals surface area contributed by atoms with Gasteiger partial charge < -0.3 is 14.7 Å². The quantitative estimate of drug-likeness (QED) is 0.689. The van der Waals surface area contributed by atoms with Gasteiger partial charge in [0.15, 0.2) is 9.84 Å². The fourth-order valence-corrected chi connectivity index (χ4v) is 5.11. The molecule has 2 aliphatic heterocycles. The van der Waals surface area contributed by atoms with E-state index < -0.39 is 27.7 Å². The van der Waals surface area contributed by atoms with Crippen LogP contribution in [0.5, 0.6) is 0 Å². The summed E-state index contributed by atoms with van der Waals surface area (Å²) >= 11 is 0. The highest BCUT2D eigenvalue weighted by Gasteiger charge is 2.36. The van der Waals surface area contributed by atoms with Crippen LogP contribution in [0.3, 0.4) is 0 Å². The van der Waals surface area contributed by atoms with Crippen LogP contribution in [0.15, 0.2) is 30.3 Å². The zero-order valence-electron chi connectivity index (χ0n) is 14.3. The number of carbonyl (C=O) groups excluding carboxylic acids is 2. The number of amides is 2. The second-order valence-electron chi connectivity index (χ2n) is 6.59. The van der Waals surface area contributed by atoms with Crippen molar-refractivity contribution in [2.24, 2.45) is 0 Å². The molecule has 0 bridgehead atoms. The van der Waals surface area contributed by atoms with Crippen molar-refractivity contribution in [1.29, 1.82) is 0 Å². The highest BCUT2D eigenvalue weighted by atomic mass is 32.2. The summed E-state index contributed by atoms with van der Waals surface area (Å²) in [6, 6.07) is 9.56. The molecule has 0 aliphatic carbocycles. The number of sulfone groups is 1. The van der Waals surface area contributed by atoms with Crippen LogP contribution in [0, 0.1) is 0 Å². The second-order valence-corrected chi connectivity index (χ2v) is 8.82. The molecule has 1 aromatic carbocycles. The number of para-hydroxylation sites is 1. The summed E-state index contributed by atoms with van der Waals surface area (Å²) < 4.78 is 23.1. The van der Waals surface area contributed by atoms with E-state index in [4.69, 9.17) is 0 Å². The van der Waals surface area contributed by atoms with Crippen LogP contribution in [-0.2, 0) is 19.4 Å². The number of hydrogen-bond donors (Lipinski definition) is 0. The van der Waals surface area contributed by atoms with Gasteiger partial charge in [-0.15, -0.1) is 0 Å². The minimum Gasteiger partial charge on any atom is -0.368 e. The van der Waals surface area contributed by atoms with Gasteiger partial charge in [0.05, 0.1) is 11.5 Å². The van der Waals surface area contributed by atoms with Crippen molar-refractivity contribution >= 4 is 27.3 Å². The Bertz CT molecular complexity index is 742. The van der Waals surface area contributed by atoms with Gasteiger partial charge in [-0.25, -0.2) is 8.42 Å². The molecule has 0 spiro atoms. The maximum absolute atomic E-state index is 12.5.